The first-order valence-corrected chi connectivity index (χ1v) is 4.86. The van der Waals surface area contributed by atoms with Crippen LogP contribution in [0.1, 0.15) is 20.8 Å². The maximum absolute atomic E-state index is 4.42. The number of hydrogen-bond donors (Lipinski definition) is 0. The Bertz CT molecular complexity index is 396. The molecule has 0 saturated heterocycles. The summed E-state index contributed by atoms with van der Waals surface area (Å²) in [6.45, 7) is 6.34. The maximum Gasteiger partial charge on any atom is 0.236 e. The Morgan fingerprint density at radius 2 is 2.15 bits per heavy atom. The van der Waals surface area contributed by atoms with E-state index in [1.165, 1.54) is 11.5 Å². The minimum atomic E-state index is 0.0192. The molecule has 2 rings (SSSR count). The van der Waals surface area contributed by atoms with Gasteiger partial charge in [0, 0.05) is 25.9 Å². The average Bonchev–Trinajstić information content (AvgIpc) is 2.45. The molecule has 2 aromatic heterocycles. The van der Waals surface area contributed by atoms with Gasteiger partial charge in [0.15, 0.2) is 22.6 Å². The van der Waals surface area contributed by atoms with E-state index in [0.717, 1.165) is 10.3 Å². The summed E-state index contributed by atoms with van der Waals surface area (Å²) in [7, 11) is 0. The molecule has 0 aliphatic carbocycles. The van der Waals surface area contributed by atoms with Crippen LogP contribution in [0.25, 0.3) is 10.3 Å². The first kappa shape index (κ1) is 8.50. The Morgan fingerprint density at radius 1 is 1.38 bits per heavy atom. The van der Waals surface area contributed by atoms with Gasteiger partial charge in [-0.15, -0.1) is 5.10 Å². The lowest BCUT2D eigenvalue weighted by molar-refractivity contribution is -0.744. The molecule has 13 heavy (non-hydrogen) atoms. The summed E-state index contributed by atoms with van der Waals surface area (Å²) in [4.78, 5) is 0.887. The van der Waals surface area contributed by atoms with Gasteiger partial charge in [-0.25, -0.2) is 0 Å². The van der Waals surface area contributed by atoms with Crippen molar-refractivity contribution in [2.45, 2.75) is 26.3 Å². The van der Waals surface area contributed by atoms with Crippen LogP contribution in [-0.2, 0) is 5.54 Å². The number of rotatable bonds is 0. The average molecular weight is 195 g/mol. The molecule has 0 fully saturated rings. The molecule has 0 bridgehead atoms. The third-order valence-corrected chi connectivity index (χ3v) is 2.88. The van der Waals surface area contributed by atoms with Crippen LogP contribution >= 0.6 is 11.5 Å². The van der Waals surface area contributed by atoms with Crippen molar-refractivity contribution in [1.29, 1.82) is 0 Å². The first-order chi connectivity index (χ1) is 6.07. The lowest BCUT2D eigenvalue weighted by Crippen LogP contribution is -2.49. The van der Waals surface area contributed by atoms with Crippen molar-refractivity contribution in [3.05, 3.63) is 12.3 Å². The van der Waals surface area contributed by atoms with Crippen LogP contribution in [0.5, 0.6) is 0 Å². The molecule has 0 aliphatic rings. The molecule has 5 heteroatoms. The predicted octanol–water partition coefficient (Wildman–Crippen LogP) is 1.13. The summed E-state index contributed by atoms with van der Waals surface area (Å²) in [5, 5.41) is 12.2. The van der Waals surface area contributed by atoms with Gasteiger partial charge in [-0.1, -0.05) is 0 Å². The summed E-state index contributed by atoms with van der Waals surface area (Å²) in [6.07, 6.45) is 1.66. The predicted molar refractivity (Wildman–Crippen MR) is 50.4 cm³/mol. The Hall–Kier alpha value is -1.10. The molecule has 0 N–H and O–H groups in total. The van der Waals surface area contributed by atoms with Gasteiger partial charge in [0.25, 0.3) is 0 Å². The van der Waals surface area contributed by atoms with Gasteiger partial charge in [-0.05, 0) is 10.1 Å². The van der Waals surface area contributed by atoms with Crippen LogP contribution in [0.15, 0.2) is 12.3 Å². The molecule has 0 atom stereocenters. The fourth-order valence-electron chi connectivity index (χ4n) is 0.940. The quantitative estimate of drug-likeness (QED) is 0.592. The van der Waals surface area contributed by atoms with Gasteiger partial charge in [-0.3, -0.25) is 0 Å². The lowest BCUT2D eigenvalue weighted by atomic mass is 10.1. The lowest BCUT2D eigenvalue weighted by Gasteiger charge is -2.03. The fourth-order valence-corrected chi connectivity index (χ4v) is 1.79. The number of nitrogens with zero attached hydrogens (tertiary/aromatic N) is 4. The number of hydrogen-bond acceptors (Lipinski definition) is 4. The van der Waals surface area contributed by atoms with Crippen molar-refractivity contribution < 1.29 is 4.07 Å². The highest BCUT2D eigenvalue weighted by atomic mass is 32.1. The molecular weight excluding hydrogens is 184 g/mol. The van der Waals surface area contributed by atoms with Crippen molar-refractivity contribution in [1.82, 2.24) is 15.3 Å². The summed E-state index contributed by atoms with van der Waals surface area (Å²) in [5.41, 5.74) is 0.931. The van der Waals surface area contributed by atoms with E-state index in [1.807, 2.05) is 10.1 Å². The summed E-state index contributed by atoms with van der Waals surface area (Å²) >= 11 is 1.54. The van der Waals surface area contributed by atoms with Crippen molar-refractivity contribution in [2.24, 2.45) is 0 Å². The maximum atomic E-state index is 4.42. The highest BCUT2D eigenvalue weighted by Gasteiger charge is 2.28. The summed E-state index contributed by atoms with van der Waals surface area (Å²) in [6, 6.07) is 1.88. The molecule has 0 amide bonds. The van der Waals surface area contributed by atoms with Crippen molar-refractivity contribution in [2.75, 3.05) is 0 Å². The van der Waals surface area contributed by atoms with E-state index in [2.05, 4.69) is 36.1 Å². The highest BCUT2D eigenvalue weighted by molar-refractivity contribution is 7.08. The second kappa shape index (κ2) is 2.70. The van der Waals surface area contributed by atoms with E-state index in [9.17, 15) is 0 Å². The highest BCUT2D eigenvalue weighted by Crippen LogP contribution is 2.12. The molecule has 0 aromatic carbocycles. The number of aromatic nitrogens is 4. The van der Waals surface area contributed by atoms with Gasteiger partial charge in [0.05, 0.1) is 6.20 Å². The minimum absolute atomic E-state index is 0.0192. The van der Waals surface area contributed by atoms with Gasteiger partial charge in [0.2, 0.25) is 4.83 Å². The third-order valence-electron chi connectivity index (χ3n) is 1.61. The van der Waals surface area contributed by atoms with Crippen LogP contribution in [0.3, 0.4) is 0 Å². The van der Waals surface area contributed by atoms with Crippen LogP contribution in [0.4, 0.5) is 0 Å². The Morgan fingerprint density at radius 3 is 2.77 bits per heavy atom. The molecule has 0 saturated carbocycles. The molecule has 0 spiro atoms. The molecule has 2 aromatic rings. The molecule has 68 valence electrons. The molecule has 2 heterocycles. The molecular formula is C8H11N4S+. The van der Waals surface area contributed by atoms with Gasteiger partial charge in [0.1, 0.15) is 0 Å². The zero-order valence-electron chi connectivity index (χ0n) is 7.85. The Balaban J connectivity index is 2.63. The minimum Gasteiger partial charge on any atom is -0.157 e. The standard InChI is InChI=1S/C8H11N4S/c1-8(2,3)12-11-6-4-5-9-10-7(6)13-12/h4-5H,1-3H3/q+1. The van der Waals surface area contributed by atoms with E-state index in [1.54, 1.807) is 6.20 Å². The molecule has 0 aliphatic heterocycles. The SMILES string of the molecule is CC(C)(C)[n+]1nc2ccnnc2s1. The van der Waals surface area contributed by atoms with E-state index >= 15 is 0 Å². The van der Waals surface area contributed by atoms with E-state index in [-0.39, 0.29) is 5.54 Å². The monoisotopic (exact) mass is 195 g/mol. The van der Waals surface area contributed by atoms with Gasteiger partial charge >= 0.3 is 0 Å². The van der Waals surface area contributed by atoms with Gasteiger partial charge < -0.3 is 0 Å². The summed E-state index contributed by atoms with van der Waals surface area (Å²) < 4.78 is 1.95. The number of fused-ring (bicyclic) bond motifs is 1. The molecule has 0 unspecified atom stereocenters. The zero-order valence-corrected chi connectivity index (χ0v) is 8.67. The van der Waals surface area contributed by atoms with Crippen LogP contribution in [0.2, 0.25) is 0 Å². The Labute approximate surface area is 80.4 Å². The van der Waals surface area contributed by atoms with E-state index in [0.29, 0.717) is 0 Å². The van der Waals surface area contributed by atoms with Crippen LogP contribution in [-0.4, -0.2) is 15.3 Å². The normalized spacial score (nSPS) is 12.2. The van der Waals surface area contributed by atoms with Crippen molar-refractivity contribution in [3.8, 4) is 0 Å². The molecule has 0 radical (unpaired) electrons. The Kier molecular flexibility index (Phi) is 1.76. The van der Waals surface area contributed by atoms with Crippen molar-refractivity contribution in [3.63, 3.8) is 0 Å². The largest absolute Gasteiger partial charge is 0.236 e. The summed E-state index contributed by atoms with van der Waals surface area (Å²) in [5.74, 6) is 0. The fraction of sp³-hybridized carbons (Fsp3) is 0.500. The second-order valence-electron chi connectivity index (χ2n) is 3.86. The topological polar surface area (TPSA) is 42.5 Å². The van der Waals surface area contributed by atoms with Crippen LogP contribution in [0, 0.1) is 0 Å². The van der Waals surface area contributed by atoms with Gasteiger partial charge in [-0.2, -0.15) is 5.10 Å². The smallest absolute Gasteiger partial charge is 0.157 e. The molecule has 4 nitrogen and oxygen atoms in total. The first-order valence-electron chi connectivity index (χ1n) is 4.09. The van der Waals surface area contributed by atoms with Crippen molar-refractivity contribution >= 4 is 21.9 Å². The zero-order chi connectivity index (χ0) is 9.47. The second-order valence-corrected chi connectivity index (χ2v) is 4.77. The third kappa shape index (κ3) is 1.51. The van der Waals surface area contributed by atoms with E-state index < -0.39 is 0 Å². The van der Waals surface area contributed by atoms with Crippen LogP contribution < -0.4 is 4.07 Å². The van der Waals surface area contributed by atoms with E-state index in [4.69, 9.17) is 0 Å².